The fourth-order valence-corrected chi connectivity index (χ4v) is 9.35. The fourth-order valence-electron chi connectivity index (χ4n) is 8.95. The predicted octanol–water partition coefficient (Wildman–Crippen LogP) is 9.01. The van der Waals surface area contributed by atoms with E-state index in [0.717, 1.165) is 66.7 Å². The van der Waals surface area contributed by atoms with Crippen LogP contribution in [0.4, 0.5) is 4.79 Å². The first-order valence-corrected chi connectivity index (χ1v) is 21.8. The molecule has 2 heterocycles. The molecule has 0 radical (unpaired) electrons. The number of nitrogens with zero attached hydrogens (tertiary/aromatic N) is 2. The largest absolute Gasteiger partial charge is 0.459 e. The van der Waals surface area contributed by atoms with Crippen LogP contribution in [0.5, 0.6) is 17.2 Å². The average Bonchev–Trinajstić information content (AvgIpc) is 3.24. The smallest absolute Gasteiger partial charge is 0.409 e. The molecule has 0 spiro atoms. The van der Waals surface area contributed by atoms with Crippen molar-refractivity contribution in [1.82, 2.24) is 4.90 Å². The normalized spacial score (nSPS) is 26.9. The molecule has 2 aliphatic heterocycles. The third-order valence-electron chi connectivity index (χ3n) is 11.7. The summed E-state index contributed by atoms with van der Waals surface area (Å²) in [6, 6.07) is 13.3. The molecule has 4 aliphatic rings. The highest BCUT2D eigenvalue weighted by molar-refractivity contribution is 7.98. The van der Waals surface area contributed by atoms with Gasteiger partial charge in [0, 0.05) is 49.5 Å². The maximum absolute atomic E-state index is 13.9. The van der Waals surface area contributed by atoms with E-state index >= 15 is 0 Å². The molecule has 2 aromatic carbocycles. The van der Waals surface area contributed by atoms with E-state index in [2.05, 4.69) is 25.3 Å². The van der Waals surface area contributed by atoms with Crippen molar-refractivity contribution >= 4 is 23.6 Å². The minimum absolute atomic E-state index is 0.0851. The summed E-state index contributed by atoms with van der Waals surface area (Å²) in [7, 11) is 1.73. The zero-order valence-corrected chi connectivity index (χ0v) is 34.3. The minimum Gasteiger partial charge on any atom is -0.459 e. The third-order valence-corrected chi connectivity index (χ3v) is 12.4. The number of oxime groups is 1. The first-order chi connectivity index (χ1) is 27.9. The lowest BCUT2D eigenvalue weighted by molar-refractivity contribution is -0.254. The number of likely N-dealkylation sites (N-methyl/N-ethyl adjacent to an activating group) is 1. The molecular formula is C45H60N2O9S. The van der Waals surface area contributed by atoms with Crippen LogP contribution < -0.4 is 9.47 Å². The van der Waals surface area contributed by atoms with Gasteiger partial charge in [0.15, 0.2) is 0 Å². The van der Waals surface area contributed by atoms with Gasteiger partial charge in [0.25, 0.3) is 0 Å². The fraction of sp³-hybridized carbons (Fsp3) is 0.556. The Hall–Kier alpha value is -3.81. The standard InChI is InChI=1S/C45H60N2O9S/c1-5-7-26-52-44(50)47(3)40-30-38(46-56-41-16-10-13-27-51-41)36-28-31(14-8-11-23-48)35(15-9-12-24-49)42-37-29-33(54-32-17-20-34(57-4)21-18-32)19-22-39(37)55-45(40,43(36)42)53-25-6-2/h5-6,17-22,28-29,31,35,40-43,48-49H,1-2,7-16,23-27,30H2,3-4H3. The molecule has 1 saturated heterocycles. The van der Waals surface area contributed by atoms with Gasteiger partial charge in [-0.3, -0.25) is 0 Å². The molecule has 2 aliphatic carbocycles. The SMILES string of the molecule is C=CCCOC(=O)N(C)C1CC(=NOC2CCCCO2)C2=CC(CCCCO)C(CCCCO)C3c4cc(Oc5ccc(SC)cc5)ccc4OC1(OCC=C)C23. The van der Waals surface area contributed by atoms with Crippen LogP contribution in [0.3, 0.4) is 0 Å². The van der Waals surface area contributed by atoms with E-state index in [-0.39, 0.29) is 50.6 Å². The Morgan fingerprint density at radius 2 is 1.81 bits per heavy atom. The summed E-state index contributed by atoms with van der Waals surface area (Å²) in [5.74, 6) is 0.260. The van der Waals surface area contributed by atoms with Gasteiger partial charge in [-0.05, 0) is 111 Å². The van der Waals surface area contributed by atoms with Crippen molar-refractivity contribution in [1.29, 1.82) is 0 Å². The summed E-state index contributed by atoms with van der Waals surface area (Å²) in [6.07, 6.45) is 15.0. The Bertz CT molecular complexity index is 1710. The molecule has 2 fully saturated rings. The molecule has 0 bridgehead atoms. The molecule has 57 heavy (non-hydrogen) atoms. The summed E-state index contributed by atoms with van der Waals surface area (Å²) in [5, 5.41) is 24.6. The van der Waals surface area contributed by atoms with Gasteiger partial charge < -0.3 is 43.6 Å². The number of aliphatic hydroxyl groups is 2. The van der Waals surface area contributed by atoms with Crippen LogP contribution in [0.25, 0.3) is 0 Å². The van der Waals surface area contributed by atoms with Crippen LogP contribution in [-0.4, -0.2) is 91.4 Å². The minimum atomic E-state index is -1.37. The lowest BCUT2D eigenvalue weighted by atomic mass is 9.55. The van der Waals surface area contributed by atoms with Gasteiger partial charge in [0.1, 0.15) is 23.3 Å². The molecule has 12 heteroatoms. The monoisotopic (exact) mass is 804 g/mol. The van der Waals surface area contributed by atoms with Gasteiger partial charge in [-0.1, -0.05) is 36.2 Å². The van der Waals surface area contributed by atoms with Crippen LogP contribution in [-0.2, 0) is 19.0 Å². The second-order valence-corrected chi connectivity index (χ2v) is 16.1. The highest BCUT2D eigenvalue weighted by atomic mass is 32.2. The number of benzene rings is 2. The van der Waals surface area contributed by atoms with Crippen molar-refractivity contribution in [2.24, 2.45) is 22.9 Å². The summed E-state index contributed by atoms with van der Waals surface area (Å²) < 4.78 is 32.4. The highest BCUT2D eigenvalue weighted by Gasteiger charge is 2.65. The van der Waals surface area contributed by atoms with E-state index in [1.165, 1.54) is 0 Å². The average molecular weight is 805 g/mol. The zero-order valence-electron chi connectivity index (χ0n) is 33.5. The van der Waals surface area contributed by atoms with Crippen molar-refractivity contribution in [3.63, 3.8) is 0 Å². The number of rotatable bonds is 20. The van der Waals surface area contributed by atoms with Crippen molar-refractivity contribution in [2.45, 2.75) is 99.6 Å². The van der Waals surface area contributed by atoms with Gasteiger partial charge in [-0.2, -0.15) is 0 Å². The van der Waals surface area contributed by atoms with E-state index in [1.807, 2.05) is 42.7 Å². The van der Waals surface area contributed by atoms with Crippen LogP contribution in [0.2, 0.25) is 0 Å². The predicted molar refractivity (Wildman–Crippen MR) is 222 cm³/mol. The number of ether oxygens (including phenoxy) is 5. The van der Waals surface area contributed by atoms with E-state index in [0.29, 0.717) is 43.1 Å². The number of amides is 1. The molecule has 1 saturated carbocycles. The number of carbonyl (C=O) groups excluding carboxylic acids is 1. The van der Waals surface area contributed by atoms with Gasteiger partial charge in [0.05, 0.1) is 31.5 Å². The lowest BCUT2D eigenvalue weighted by Crippen LogP contribution is -2.69. The Labute approximate surface area is 342 Å². The summed E-state index contributed by atoms with van der Waals surface area (Å²) >= 11 is 1.68. The van der Waals surface area contributed by atoms with Gasteiger partial charge in [-0.25, -0.2) is 4.79 Å². The highest BCUT2D eigenvalue weighted by Crippen LogP contribution is 2.62. The Balaban J connectivity index is 1.53. The van der Waals surface area contributed by atoms with Gasteiger partial charge >= 0.3 is 6.09 Å². The number of thioether (sulfide) groups is 1. The number of unbranched alkanes of at least 4 members (excludes halogenated alkanes) is 2. The second kappa shape index (κ2) is 20.7. The van der Waals surface area contributed by atoms with Gasteiger partial charge in [-0.15, -0.1) is 24.9 Å². The second-order valence-electron chi connectivity index (χ2n) is 15.3. The first-order valence-electron chi connectivity index (χ1n) is 20.6. The number of allylic oxidation sites excluding steroid dienone is 1. The Morgan fingerprint density at radius 1 is 1.04 bits per heavy atom. The number of hydrogen-bond acceptors (Lipinski definition) is 11. The number of hydrogen-bond donors (Lipinski definition) is 2. The maximum Gasteiger partial charge on any atom is 0.409 e. The molecular weight excluding hydrogens is 745 g/mol. The summed E-state index contributed by atoms with van der Waals surface area (Å²) in [4.78, 5) is 22.8. The molecule has 11 nitrogen and oxygen atoms in total. The maximum atomic E-state index is 13.9. The van der Waals surface area contributed by atoms with Crippen LogP contribution in [0, 0.1) is 17.8 Å². The van der Waals surface area contributed by atoms with E-state index in [4.69, 9.17) is 33.7 Å². The van der Waals surface area contributed by atoms with E-state index in [9.17, 15) is 15.0 Å². The molecule has 0 aromatic heterocycles. The topological polar surface area (TPSA) is 129 Å². The van der Waals surface area contributed by atoms with Crippen molar-refractivity contribution < 1.29 is 43.5 Å². The zero-order chi connectivity index (χ0) is 40.2. The van der Waals surface area contributed by atoms with Crippen molar-refractivity contribution in [3.8, 4) is 17.2 Å². The van der Waals surface area contributed by atoms with E-state index in [1.54, 1.807) is 35.9 Å². The molecule has 7 unspecified atom stereocenters. The van der Waals surface area contributed by atoms with Crippen molar-refractivity contribution in [2.75, 3.05) is 46.3 Å². The molecule has 310 valence electrons. The molecule has 2 N–H and O–H groups in total. The Kier molecular flexibility index (Phi) is 15.6. The third kappa shape index (κ3) is 9.91. The van der Waals surface area contributed by atoms with Crippen LogP contribution >= 0.6 is 11.8 Å². The number of carbonyl (C=O) groups is 1. The van der Waals surface area contributed by atoms with Crippen molar-refractivity contribution in [3.05, 3.63) is 85.0 Å². The first kappa shape index (κ1) is 42.8. The summed E-state index contributed by atoms with van der Waals surface area (Å²) in [6.45, 7) is 8.98. The summed E-state index contributed by atoms with van der Waals surface area (Å²) in [5.41, 5.74) is 2.65. The van der Waals surface area contributed by atoms with E-state index < -0.39 is 30.1 Å². The lowest BCUT2D eigenvalue weighted by Gasteiger charge is -2.59. The number of aliphatic hydroxyl groups excluding tert-OH is 2. The van der Waals surface area contributed by atoms with Gasteiger partial charge in [0.2, 0.25) is 12.1 Å². The van der Waals surface area contributed by atoms with Crippen LogP contribution in [0.1, 0.15) is 82.1 Å². The molecule has 2 aromatic rings. The molecule has 6 rings (SSSR count). The molecule has 7 atom stereocenters. The quantitative estimate of drug-likeness (QED) is 0.0579. The number of fused-ring (bicyclic) bond motifs is 2. The van der Waals surface area contributed by atoms with Crippen LogP contribution in [0.15, 0.2) is 89.5 Å². The Morgan fingerprint density at radius 3 is 2.51 bits per heavy atom. The molecule has 1 amide bonds.